The Morgan fingerprint density at radius 3 is 2.50 bits per heavy atom. The van der Waals surface area contributed by atoms with Gasteiger partial charge in [-0.3, -0.25) is 4.79 Å². The van der Waals surface area contributed by atoms with E-state index in [1.807, 2.05) is 6.92 Å². The number of halogens is 1. The second kappa shape index (κ2) is 4.56. The van der Waals surface area contributed by atoms with Crippen molar-refractivity contribution in [3.8, 4) is 0 Å². The monoisotopic (exact) mass is 164 g/mol. The zero-order valence-corrected chi connectivity index (χ0v) is 6.95. The van der Waals surface area contributed by atoms with Crippen LogP contribution in [0, 0.1) is 0 Å². The largest absolute Gasteiger partial charge is 0.462 e. The number of rotatable bonds is 2. The van der Waals surface area contributed by atoms with Gasteiger partial charge in [-0.2, -0.15) is 0 Å². The van der Waals surface area contributed by atoms with Crippen molar-refractivity contribution >= 4 is 18.4 Å². The van der Waals surface area contributed by atoms with Crippen LogP contribution in [0.2, 0.25) is 0 Å². The molecule has 60 valence electrons. The van der Waals surface area contributed by atoms with E-state index >= 15 is 0 Å². The van der Waals surface area contributed by atoms with Gasteiger partial charge in [0.15, 0.2) is 0 Å². The topological polar surface area (TPSA) is 26.3 Å². The summed E-state index contributed by atoms with van der Waals surface area (Å²) in [6, 6.07) is 0. The molecule has 3 heteroatoms. The molecule has 0 amide bonds. The van der Waals surface area contributed by atoms with E-state index in [1.54, 1.807) is 0 Å². The van der Waals surface area contributed by atoms with E-state index in [9.17, 15) is 4.79 Å². The molecule has 0 atom stereocenters. The molecule has 0 N–H and O–H groups in total. The maximum atomic E-state index is 10.6. The van der Waals surface area contributed by atoms with Crippen LogP contribution in [0.5, 0.6) is 0 Å². The predicted octanol–water partition coefficient (Wildman–Crippen LogP) is 1.91. The van der Waals surface area contributed by atoms with Gasteiger partial charge in [-0.25, -0.2) is 0 Å². The first-order valence-corrected chi connectivity index (χ1v) is 3.52. The van der Waals surface area contributed by atoms with Crippen molar-refractivity contribution in [3.63, 3.8) is 0 Å². The molecule has 2 nitrogen and oxygen atoms in total. The summed E-state index contributed by atoms with van der Waals surface area (Å²) < 4.78 is 5.00. The van der Waals surface area contributed by atoms with Gasteiger partial charge in [0.25, 0.3) is 0 Å². The van der Waals surface area contributed by atoms with Crippen LogP contribution in [0.25, 0.3) is 0 Å². The fourth-order valence-electron chi connectivity index (χ4n) is 0.758. The van der Waals surface area contributed by atoms with Gasteiger partial charge in [-0.05, 0) is 19.3 Å². The van der Waals surface area contributed by atoms with Crippen molar-refractivity contribution in [2.75, 3.05) is 0 Å². The third kappa shape index (κ3) is 2.56. The Morgan fingerprint density at radius 1 is 1.60 bits per heavy atom. The number of ether oxygens (including phenoxy) is 1. The summed E-state index contributed by atoms with van der Waals surface area (Å²) in [5, 5.41) is 0. The molecule has 0 saturated heterocycles. The van der Waals surface area contributed by atoms with Gasteiger partial charge in [0.1, 0.15) is 6.10 Å². The fourth-order valence-corrected chi connectivity index (χ4v) is 0.758. The summed E-state index contributed by atoms with van der Waals surface area (Å²) in [7, 11) is 0. The van der Waals surface area contributed by atoms with Gasteiger partial charge in [-0.1, -0.05) is 6.92 Å². The van der Waals surface area contributed by atoms with Crippen LogP contribution in [-0.4, -0.2) is 12.1 Å². The second-order valence-electron chi connectivity index (χ2n) is 2.40. The third-order valence-corrected chi connectivity index (χ3v) is 1.64. The van der Waals surface area contributed by atoms with Gasteiger partial charge in [-0.15, -0.1) is 12.4 Å². The lowest BCUT2D eigenvalue weighted by molar-refractivity contribution is -0.152. The lowest BCUT2D eigenvalue weighted by Gasteiger charge is -2.24. The summed E-state index contributed by atoms with van der Waals surface area (Å²) in [6.45, 7) is 1.82. The van der Waals surface area contributed by atoms with E-state index in [0.717, 1.165) is 12.8 Å². The first-order valence-electron chi connectivity index (χ1n) is 3.52. The number of carbonyl (C=O) groups excluding carboxylic acids is 1. The van der Waals surface area contributed by atoms with Gasteiger partial charge >= 0.3 is 5.97 Å². The summed E-state index contributed by atoms with van der Waals surface area (Å²) >= 11 is 0. The zero-order valence-electron chi connectivity index (χ0n) is 6.13. The quantitative estimate of drug-likeness (QED) is 0.583. The zero-order chi connectivity index (χ0) is 6.69. The van der Waals surface area contributed by atoms with E-state index in [4.69, 9.17) is 4.74 Å². The summed E-state index contributed by atoms with van der Waals surface area (Å²) in [6.07, 6.45) is 4.15. The van der Waals surface area contributed by atoms with Crippen LogP contribution in [0.15, 0.2) is 0 Å². The lowest BCUT2D eigenvalue weighted by atomic mass is 9.96. The Kier molecular flexibility index (Phi) is 4.45. The minimum absolute atomic E-state index is 0. The van der Waals surface area contributed by atoms with E-state index in [0.29, 0.717) is 6.42 Å². The summed E-state index contributed by atoms with van der Waals surface area (Å²) in [5.74, 6) is -0.0558. The fraction of sp³-hybridized carbons (Fsp3) is 0.857. The van der Waals surface area contributed by atoms with E-state index in [1.165, 1.54) is 6.42 Å². The molecule has 0 aromatic heterocycles. The number of hydrogen-bond acceptors (Lipinski definition) is 2. The molecule has 0 aliphatic heterocycles. The molecule has 0 aromatic carbocycles. The highest BCUT2D eigenvalue weighted by Gasteiger charge is 2.20. The smallest absolute Gasteiger partial charge is 0.305 e. The van der Waals surface area contributed by atoms with Crippen LogP contribution in [-0.2, 0) is 9.53 Å². The van der Waals surface area contributed by atoms with Crippen LogP contribution in [0.3, 0.4) is 0 Å². The molecule has 1 saturated carbocycles. The highest BCUT2D eigenvalue weighted by Crippen LogP contribution is 2.21. The van der Waals surface area contributed by atoms with Crippen molar-refractivity contribution in [2.45, 2.75) is 38.7 Å². The highest BCUT2D eigenvalue weighted by molar-refractivity contribution is 5.85. The molecular formula is C7H13ClO2. The Hall–Kier alpha value is -0.240. The number of esters is 1. The Labute approximate surface area is 67.4 Å². The number of hydrogen-bond donors (Lipinski definition) is 0. The predicted molar refractivity (Wildman–Crippen MR) is 41.3 cm³/mol. The normalized spacial score (nSPS) is 16.9. The second-order valence-corrected chi connectivity index (χ2v) is 2.40. The van der Waals surface area contributed by atoms with Crippen LogP contribution < -0.4 is 0 Å². The van der Waals surface area contributed by atoms with Crippen molar-refractivity contribution in [3.05, 3.63) is 0 Å². The average Bonchev–Trinajstić information content (AvgIpc) is 1.78. The Balaban J connectivity index is 0.000000810. The SMILES string of the molecule is CCC(=O)OC1CCC1.Cl. The van der Waals surface area contributed by atoms with Crippen LogP contribution in [0.4, 0.5) is 0 Å². The van der Waals surface area contributed by atoms with Gasteiger partial charge in [0.2, 0.25) is 0 Å². The molecular weight excluding hydrogens is 152 g/mol. The Morgan fingerprint density at radius 2 is 2.20 bits per heavy atom. The van der Waals surface area contributed by atoms with Crippen molar-refractivity contribution in [1.29, 1.82) is 0 Å². The van der Waals surface area contributed by atoms with E-state index in [2.05, 4.69) is 0 Å². The van der Waals surface area contributed by atoms with Crippen molar-refractivity contribution < 1.29 is 9.53 Å². The van der Waals surface area contributed by atoms with Crippen molar-refractivity contribution in [1.82, 2.24) is 0 Å². The van der Waals surface area contributed by atoms with Crippen LogP contribution >= 0.6 is 12.4 Å². The van der Waals surface area contributed by atoms with Gasteiger partial charge < -0.3 is 4.74 Å². The standard InChI is InChI=1S/C7H12O2.ClH/c1-2-7(8)9-6-4-3-5-6;/h6H,2-5H2,1H3;1H. The molecule has 10 heavy (non-hydrogen) atoms. The summed E-state index contributed by atoms with van der Waals surface area (Å²) in [4.78, 5) is 10.6. The molecule has 1 rings (SSSR count). The molecule has 1 aliphatic carbocycles. The van der Waals surface area contributed by atoms with Crippen LogP contribution in [0.1, 0.15) is 32.6 Å². The molecule has 0 aromatic rings. The van der Waals surface area contributed by atoms with E-state index < -0.39 is 0 Å². The number of carbonyl (C=O) groups is 1. The molecule has 0 heterocycles. The molecule has 0 radical (unpaired) electrons. The van der Waals surface area contributed by atoms with Crippen molar-refractivity contribution in [2.24, 2.45) is 0 Å². The minimum atomic E-state index is -0.0558. The minimum Gasteiger partial charge on any atom is -0.462 e. The maximum absolute atomic E-state index is 10.6. The molecule has 0 bridgehead atoms. The first-order chi connectivity index (χ1) is 4.33. The molecule has 1 fully saturated rings. The van der Waals surface area contributed by atoms with Gasteiger partial charge in [0.05, 0.1) is 0 Å². The average molecular weight is 165 g/mol. The lowest BCUT2D eigenvalue weighted by Crippen LogP contribution is -2.24. The molecule has 0 spiro atoms. The maximum Gasteiger partial charge on any atom is 0.305 e. The Bertz CT molecular complexity index is 110. The molecule has 0 unspecified atom stereocenters. The first kappa shape index (κ1) is 9.76. The van der Waals surface area contributed by atoms with E-state index in [-0.39, 0.29) is 24.5 Å². The highest BCUT2D eigenvalue weighted by atomic mass is 35.5. The summed E-state index contributed by atoms with van der Waals surface area (Å²) in [5.41, 5.74) is 0. The third-order valence-electron chi connectivity index (χ3n) is 1.64. The van der Waals surface area contributed by atoms with Gasteiger partial charge in [0, 0.05) is 6.42 Å². The molecule has 1 aliphatic rings.